The Morgan fingerprint density at radius 3 is 2.79 bits per heavy atom. The van der Waals surface area contributed by atoms with Gasteiger partial charge in [-0.1, -0.05) is 18.2 Å². The topological polar surface area (TPSA) is 26.7 Å². The van der Waals surface area contributed by atoms with Crippen LogP contribution >= 0.6 is 0 Å². The largest absolute Gasteiger partial charge is 0.388 e. The van der Waals surface area contributed by atoms with E-state index in [4.69, 9.17) is 0 Å². The number of likely N-dealkylation sites (N-methyl/N-ethyl adjacent to an activating group) is 1. The van der Waals surface area contributed by atoms with E-state index in [1.165, 1.54) is 6.07 Å². The molecule has 106 valence electrons. The lowest BCUT2D eigenvalue weighted by Crippen LogP contribution is -2.30. The molecular weight excluding hydrogens is 243 g/mol. The van der Waals surface area contributed by atoms with Crippen molar-refractivity contribution >= 4 is 0 Å². The molecule has 1 aromatic rings. The van der Waals surface area contributed by atoms with E-state index in [9.17, 15) is 9.50 Å². The first kappa shape index (κ1) is 14.4. The van der Waals surface area contributed by atoms with Crippen LogP contribution in [0.5, 0.6) is 0 Å². The van der Waals surface area contributed by atoms with Crippen LogP contribution in [-0.2, 0) is 0 Å². The van der Waals surface area contributed by atoms with Crippen molar-refractivity contribution in [1.29, 1.82) is 0 Å². The fourth-order valence-corrected chi connectivity index (χ4v) is 2.53. The van der Waals surface area contributed by atoms with Crippen LogP contribution in [0.15, 0.2) is 24.3 Å². The molecule has 1 unspecified atom stereocenters. The van der Waals surface area contributed by atoms with Crippen molar-refractivity contribution in [3.63, 3.8) is 0 Å². The lowest BCUT2D eigenvalue weighted by Gasteiger charge is -2.22. The van der Waals surface area contributed by atoms with Gasteiger partial charge in [-0.3, -0.25) is 0 Å². The molecule has 3 nitrogen and oxygen atoms in total. The zero-order valence-corrected chi connectivity index (χ0v) is 11.6. The summed E-state index contributed by atoms with van der Waals surface area (Å²) in [4.78, 5) is 4.68. The van der Waals surface area contributed by atoms with Crippen LogP contribution in [0.1, 0.15) is 24.5 Å². The first-order valence-corrected chi connectivity index (χ1v) is 7.00. The van der Waals surface area contributed by atoms with Gasteiger partial charge in [0.05, 0.1) is 6.10 Å². The number of hydrogen-bond acceptors (Lipinski definition) is 3. The van der Waals surface area contributed by atoms with Gasteiger partial charge in [-0.05, 0) is 39.0 Å². The molecule has 1 atom stereocenters. The third-order valence-electron chi connectivity index (χ3n) is 3.80. The Hall–Kier alpha value is -0.970. The Bertz CT molecular complexity index is 399. The average Bonchev–Trinajstić information content (AvgIpc) is 2.61. The molecule has 0 aromatic heterocycles. The monoisotopic (exact) mass is 266 g/mol. The molecule has 0 spiro atoms. The maximum Gasteiger partial charge on any atom is 0.128 e. The van der Waals surface area contributed by atoms with E-state index in [0.717, 1.165) is 39.1 Å². The smallest absolute Gasteiger partial charge is 0.128 e. The summed E-state index contributed by atoms with van der Waals surface area (Å²) in [7, 11) is 2.14. The van der Waals surface area contributed by atoms with E-state index in [1.807, 2.05) is 0 Å². The van der Waals surface area contributed by atoms with Crippen molar-refractivity contribution in [2.24, 2.45) is 0 Å². The van der Waals surface area contributed by atoms with Crippen LogP contribution in [0.4, 0.5) is 4.39 Å². The molecule has 1 aromatic carbocycles. The van der Waals surface area contributed by atoms with E-state index in [1.54, 1.807) is 18.2 Å². The minimum Gasteiger partial charge on any atom is -0.388 e. The van der Waals surface area contributed by atoms with Crippen LogP contribution in [0.25, 0.3) is 0 Å². The summed E-state index contributed by atoms with van der Waals surface area (Å²) < 4.78 is 13.5. The lowest BCUT2D eigenvalue weighted by molar-refractivity contribution is 0.139. The number of aliphatic hydroxyl groups is 1. The van der Waals surface area contributed by atoms with Gasteiger partial charge in [0.2, 0.25) is 0 Å². The molecule has 0 radical (unpaired) electrons. The molecule has 0 amide bonds. The first-order chi connectivity index (χ1) is 9.16. The van der Waals surface area contributed by atoms with E-state index in [2.05, 4.69) is 16.8 Å². The standard InChI is InChI=1S/C15H23FN2O/c1-17-8-4-9-18(12-11-17)10-7-15(19)13-5-2-3-6-14(13)16/h2-3,5-6,15,19H,4,7-12H2,1H3. The molecule has 1 saturated heterocycles. The van der Waals surface area contributed by atoms with Crippen LogP contribution in [-0.4, -0.2) is 54.7 Å². The van der Waals surface area contributed by atoms with E-state index < -0.39 is 6.10 Å². The van der Waals surface area contributed by atoms with Crippen molar-refractivity contribution in [3.8, 4) is 0 Å². The number of rotatable bonds is 4. The van der Waals surface area contributed by atoms with Crippen LogP contribution in [0.3, 0.4) is 0 Å². The fourth-order valence-electron chi connectivity index (χ4n) is 2.53. The fraction of sp³-hybridized carbons (Fsp3) is 0.600. The van der Waals surface area contributed by atoms with Gasteiger partial charge < -0.3 is 14.9 Å². The predicted molar refractivity (Wildman–Crippen MR) is 74.5 cm³/mol. The minimum atomic E-state index is -0.706. The number of nitrogens with zero attached hydrogens (tertiary/aromatic N) is 2. The summed E-state index contributed by atoms with van der Waals surface area (Å²) in [5, 5.41) is 10.1. The van der Waals surface area contributed by atoms with Crippen molar-refractivity contribution in [3.05, 3.63) is 35.6 Å². The summed E-state index contributed by atoms with van der Waals surface area (Å²) in [5.74, 6) is -0.314. The van der Waals surface area contributed by atoms with Gasteiger partial charge in [-0.15, -0.1) is 0 Å². The van der Waals surface area contributed by atoms with Gasteiger partial charge in [0.15, 0.2) is 0 Å². The van der Waals surface area contributed by atoms with Gasteiger partial charge >= 0.3 is 0 Å². The summed E-state index contributed by atoms with van der Waals surface area (Å²) in [6.45, 7) is 5.11. The maximum atomic E-state index is 13.5. The minimum absolute atomic E-state index is 0.314. The summed E-state index contributed by atoms with van der Waals surface area (Å²) in [6, 6.07) is 6.48. The number of halogens is 1. The second kappa shape index (κ2) is 6.98. The Morgan fingerprint density at radius 1 is 1.21 bits per heavy atom. The molecule has 1 heterocycles. The highest BCUT2D eigenvalue weighted by molar-refractivity contribution is 5.19. The van der Waals surface area contributed by atoms with Crippen LogP contribution < -0.4 is 0 Å². The molecule has 2 rings (SSSR count). The van der Waals surface area contributed by atoms with Crippen LogP contribution in [0.2, 0.25) is 0 Å². The summed E-state index contributed by atoms with van der Waals surface area (Å²) in [5.41, 5.74) is 0.412. The van der Waals surface area contributed by atoms with Crippen molar-refractivity contribution in [2.45, 2.75) is 18.9 Å². The Balaban J connectivity index is 1.83. The van der Waals surface area contributed by atoms with E-state index in [0.29, 0.717) is 12.0 Å². The van der Waals surface area contributed by atoms with Gasteiger partial charge in [0.25, 0.3) is 0 Å². The highest BCUT2D eigenvalue weighted by Crippen LogP contribution is 2.20. The predicted octanol–water partition coefficient (Wildman–Crippen LogP) is 1.89. The van der Waals surface area contributed by atoms with Gasteiger partial charge in [-0.2, -0.15) is 0 Å². The zero-order valence-electron chi connectivity index (χ0n) is 11.6. The number of hydrogen-bond donors (Lipinski definition) is 1. The lowest BCUT2D eigenvalue weighted by atomic mass is 10.1. The first-order valence-electron chi connectivity index (χ1n) is 7.00. The Labute approximate surface area is 114 Å². The number of aliphatic hydroxyl groups excluding tert-OH is 1. The second-order valence-electron chi connectivity index (χ2n) is 5.32. The molecule has 0 aliphatic carbocycles. The second-order valence-corrected chi connectivity index (χ2v) is 5.32. The summed E-state index contributed by atoms with van der Waals surface area (Å²) in [6.07, 6.45) is 1.04. The average molecular weight is 266 g/mol. The van der Waals surface area contributed by atoms with Gasteiger partial charge in [-0.25, -0.2) is 4.39 Å². The van der Waals surface area contributed by atoms with Crippen molar-refractivity contribution < 1.29 is 9.50 Å². The molecule has 1 N–H and O–H groups in total. The molecule has 1 fully saturated rings. The van der Waals surface area contributed by atoms with E-state index in [-0.39, 0.29) is 5.82 Å². The van der Waals surface area contributed by atoms with Gasteiger partial charge in [0.1, 0.15) is 5.82 Å². The molecule has 1 aliphatic heterocycles. The maximum absolute atomic E-state index is 13.5. The molecule has 0 saturated carbocycles. The zero-order chi connectivity index (χ0) is 13.7. The van der Waals surface area contributed by atoms with Gasteiger partial charge in [0, 0.05) is 25.2 Å². The third-order valence-corrected chi connectivity index (χ3v) is 3.80. The quantitative estimate of drug-likeness (QED) is 0.901. The third kappa shape index (κ3) is 4.27. The molecule has 1 aliphatic rings. The highest BCUT2D eigenvalue weighted by atomic mass is 19.1. The van der Waals surface area contributed by atoms with Crippen molar-refractivity contribution in [2.75, 3.05) is 39.8 Å². The Morgan fingerprint density at radius 2 is 2.00 bits per heavy atom. The van der Waals surface area contributed by atoms with Crippen LogP contribution in [0, 0.1) is 5.82 Å². The molecule has 4 heteroatoms. The SMILES string of the molecule is CN1CCCN(CCC(O)c2ccccc2F)CC1. The molecular formula is C15H23FN2O. The summed E-state index contributed by atoms with van der Waals surface area (Å²) >= 11 is 0. The number of benzene rings is 1. The highest BCUT2D eigenvalue weighted by Gasteiger charge is 2.16. The Kier molecular flexibility index (Phi) is 5.31. The van der Waals surface area contributed by atoms with E-state index >= 15 is 0 Å². The molecule has 0 bridgehead atoms. The molecule has 19 heavy (non-hydrogen) atoms. The normalized spacial score (nSPS) is 20.2. The van der Waals surface area contributed by atoms with Crippen molar-refractivity contribution in [1.82, 2.24) is 9.80 Å².